The molecular formula is C13H24N2S. The van der Waals surface area contributed by atoms with E-state index in [4.69, 9.17) is 0 Å². The lowest BCUT2D eigenvalue weighted by Crippen LogP contribution is -2.28. The first-order valence-electron chi connectivity index (χ1n) is 6.31. The summed E-state index contributed by atoms with van der Waals surface area (Å²) in [6.07, 6.45) is 5.26. The van der Waals surface area contributed by atoms with Crippen molar-refractivity contribution in [1.29, 1.82) is 0 Å². The molecule has 0 aliphatic heterocycles. The van der Waals surface area contributed by atoms with E-state index >= 15 is 0 Å². The molecule has 1 heterocycles. The summed E-state index contributed by atoms with van der Waals surface area (Å²) < 4.78 is 0. The third-order valence-corrected chi connectivity index (χ3v) is 4.06. The fraction of sp³-hybridized carbons (Fsp3) is 0.769. The van der Waals surface area contributed by atoms with Crippen molar-refractivity contribution in [3.63, 3.8) is 0 Å². The van der Waals surface area contributed by atoms with Crippen molar-refractivity contribution >= 4 is 11.3 Å². The number of thiazole rings is 1. The summed E-state index contributed by atoms with van der Waals surface area (Å²) in [6, 6.07) is 1.03. The largest absolute Gasteiger partial charge is 0.307 e. The van der Waals surface area contributed by atoms with Gasteiger partial charge in [0, 0.05) is 17.0 Å². The fourth-order valence-electron chi connectivity index (χ4n) is 2.01. The Morgan fingerprint density at radius 1 is 1.38 bits per heavy atom. The Hall–Kier alpha value is -0.410. The number of rotatable bonds is 7. The highest BCUT2D eigenvalue weighted by atomic mass is 32.1. The first-order valence-corrected chi connectivity index (χ1v) is 7.19. The minimum Gasteiger partial charge on any atom is -0.307 e. The molecule has 16 heavy (non-hydrogen) atoms. The Morgan fingerprint density at radius 2 is 2.12 bits per heavy atom. The Bertz CT molecular complexity index is 296. The topological polar surface area (TPSA) is 24.9 Å². The molecule has 0 saturated carbocycles. The van der Waals surface area contributed by atoms with Crippen molar-refractivity contribution in [2.75, 3.05) is 0 Å². The molecule has 0 saturated heterocycles. The van der Waals surface area contributed by atoms with Crippen molar-refractivity contribution in [3.05, 3.63) is 16.1 Å². The number of aryl methyl sites for hydroxylation is 1. The van der Waals surface area contributed by atoms with Gasteiger partial charge < -0.3 is 5.32 Å². The minimum atomic E-state index is 0.434. The third-order valence-electron chi connectivity index (χ3n) is 2.95. The molecule has 92 valence electrons. The van der Waals surface area contributed by atoms with Gasteiger partial charge in [0.2, 0.25) is 0 Å². The van der Waals surface area contributed by atoms with E-state index in [0.717, 1.165) is 0 Å². The summed E-state index contributed by atoms with van der Waals surface area (Å²) >= 11 is 1.75. The minimum absolute atomic E-state index is 0.434. The van der Waals surface area contributed by atoms with Crippen LogP contribution in [0.4, 0.5) is 0 Å². The Kier molecular flexibility index (Phi) is 5.99. The molecular weight excluding hydrogens is 216 g/mol. The summed E-state index contributed by atoms with van der Waals surface area (Å²) in [5, 5.41) is 3.65. The molecule has 0 fully saturated rings. The highest BCUT2D eigenvalue weighted by Gasteiger charge is 2.13. The average molecular weight is 240 g/mol. The summed E-state index contributed by atoms with van der Waals surface area (Å²) in [7, 11) is 0. The monoisotopic (exact) mass is 240 g/mol. The van der Waals surface area contributed by atoms with Gasteiger partial charge in [-0.05, 0) is 27.2 Å². The molecule has 1 aromatic heterocycles. The van der Waals surface area contributed by atoms with Gasteiger partial charge >= 0.3 is 0 Å². The van der Waals surface area contributed by atoms with Crippen LogP contribution in [0.15, 0.2) is 5.51 Å². The number of hydrogen-bond acceptors (Lipinski definition) is 3. The maximum absolute atomic E-state index is 4.30. The second-order valence-electron chi connectivity index (χ2n) is 4.59. The van der Waals surface area contributed by atoms with Crippen molar-refractivity contribution in [2.24, 2.45) is 0 Å². The van der Waals surface area contributed by atoms with E-state index in [1.807, 2.05) is 5.51 Å². The normalized spacial score (nSPS) is 15.0. The predicted molar refractivity (Wildman–Crippen MR) is 72.0 cm³/mol. The molecule has 0 aliphatic rings. The van der Waals surface area contributed by atoms with E-state index < -0.39 is 0 Å². The molecule has 1 rings (SSSR count). The number of unbranched alkanes of at least 4 members (excludes halogenated alkanes) is 2. The second-order valence-corrected chi connectivity index (χ2v) is 5.47. The van der Waals surface area contributed by atoms with Gasteiger partial charge in [-0.2, -0.15) is 0 Å². The van der Waals surface area contributed by atoms with Gasteiger partial charge in [0.25, 0.3) is 0 Å². The van der Waals surface area contributed by atoms with Gasteiger partial charge in [0.05, 0.1) is 11.2 Å². The summed E-state index contributed by atoms with van der Waals surface area (Å²) in [4.78, 5) is 5.68. The first-order chi connectivity index (χ1) is 7.65. The molecule has 1 N–H and O–H groups in total. The van der Waals surface area contributed by atoms with E-state index in [-0.39, 0.29) is 0 Å². The molecule has 0 radical (unpaired) electrons. The lowest BCUT2D eigenvalue weighted by molar-refractivity contribution is 0.442. The summed E-state index contributed by atoms with van der Waals surface area (Å²) in [5.74, 6) is 0. The highest BCUT2D eigenvalue weighted by Crippen LogP contribution is 2.22. The molecule has 2 nitrogen and oxygen atoms in total. The summed E-state index contributed by atoms with van der Waals surface area (Å²) in [5.41, 5.74) is 3.11. The van der Waals surface area contributed by atoms with E-state index in [2.05, 4.69) is 38.0 Å². The zero-order valence-corrected chi connectivity index (χ0v) is 11.7. The van der Waals surface area contributed by atoms with Crippen molar-refractivity contribution in [2.45, 2.75) is 65.5 Å². The number of nitrogens with one attached hydrogen (secondary N) is 1. The Balaban J connectivity index is 2.33. The van der Waals surface area contributed by atoms with E-state index in [9.17, 15) is 0 Å². The van der Waals surface area contributed by atoms with Gasteiger partial charge in [0.15, 0.2) is 0 Å². The van der Waals surface area contributed by atoms with Crippen LogP contribution in [0.25, 0.3) is 0 Å². The van der Waals surface area contributed by atoms with E-state index in [1.165, 1.54) is 36.3 Å². The molecule has 1 aromatic rings. The van der Waals surface area contributed by atoms with E-state index in [0.29, 0.717) is 12.1 Å². The van der Waals surface area contributed by atoms with Crippen LogP contribution >= 0.6 is 11.3 Å². The second kappa shape index (κ2) is 7.02. The van der Waals surface area contributed by atoms with Crippen molar-refractivity contribution < 1.29 is 0 Å². The van der Waals surface area contributed by atoms with Crippen LogP contribution < -0.4 is 5.32 Å². The van der Waals surface area contributed by atoms with Gasteiger partial charge in [-0.15, -0.1) is 11.3 Å². The molecule has 2 unspecified atom stereocenters. The van der Waals surface area contributed by atoms with Gasteiger partial charge in [0.1, 0.15) is 0 Å². The zero-order valence-electron chi connectivity index (χ0n) is 10.9. The van der Waals surface area contributed by atoms with Gasteiger partial charge in [-0.25, -0.2) is 4.98 Å². The smallest absolute Gasteiger partial charge is 0.0798 e. The Labute approximate surface area is 103 Å². The third kappa shape index (κ3) is 4.22. The summed E-state index contributed by atoms with van der Waals surface area (Å²) in [6.45, 7) is 8.85. The SMILES string of the molecule is CCCCCC(C)NC(C)c1scnc1C. The zero-order chi connectivity index (χ0) is 12.0. The number of aromatic nitrogens is 1. The van der Waals surface area contributed by atoms with Crippen molar-refractivity contribution in [1.82, 2.24) is 10.3 Å². The molecule has 0 aliphatic carbocycles. The lowest BCUT2D eigenvalue weighted by atomic mass is 10.1. The van der Waals surface area contributed by atoms with Gasteiger partial charge in [-0.3, -0.25) is 0 Å². The van der Waals surface area contributed by atoms with Crippen LogP contribution in [0.2, 0.25) is 0 Å². The molecule has 3 heteroatoms. The molecule has 0 aromatic carbocycles. The molecule has 2 atom stereocenters. The standard InChI is InChI=1S/C13H24N2S/c1-5-6-7-8-10(2)15-12(4)13-11(3)14-9-16-13/h9-10,12,15H,5-8H2,1-4H3. The molecule has 0 amide bonds. The number of hydrogen-bond donors (Lipinski definition) is 1. The fourth-order valence-corrected chi connectivity index (χ4v) is 2.83. The Morgan fingerprint density at radius 3 is 2.69 bits per heavy atom. The van der Waals surface area contributed by atoms with Crippen molar-refractivity contribution in [3.8, 4) is 0 Å². The maximum atomic E-state index is 4.30. The average Bonchev–Trinajstić information content (AvgIpc) is 2.65. The van der Waals surface area contributed by atoms with Crippen LogP contribution in [0.1, 0.15) is 63.1 Å². The quantitative estimate of drug-likeness (QED) is 0.727. The number of nitrogens with zero attached hydrogens (tertiary/aromatic N) is 1. The van der Waals surface area contributed by atoms with Crippen LogP contribution in [0.3, 0.4) is 0 Å². The predicted octanol–water partition coefficient (Wildman–Crippen LogP) is 4.07. The van der Waals surface area contributed by atoms with Crippen LogP contribution in [-0.2, 0) is 0 Å². The van der Waals surface area contributed by atoms with Crippen LogP contribution in [0, 0.1) is 6.92 Å². The van der Waals surface area contributed by atoms with Gasteiger partial charge in [-0.1, -0.05) is 26.2 Å². The maximum Gasteiger partial charge on any atom is 0.0798 e. The van der Waals surface area contributed by atoms with Crippen LogP contribution in [-0.4, -0.2) is 11.0 Å². The van der Waals surface area contributed by atoms with Crippen LogP contribution in [0.5, 0.6) is 0 Å². The highest BCUT2D eigenvalue weighted by molar-refractivity contribution is 7.09. The lowest BCUT2D eigenvalue weighted by Gasteiger charge is -2.19. The molecule has 0 spiro atoms. The van der Waals surface area contributed by atoms with E-state index in [1.54, 1.807) is 11.3 Å². The first kappa shape index (κ1) is 13.7. The molecule has 0 bridgehead atoms.